The molecule has 1 heterocycles. The van der Waals surface area contributed by atoms with Gasteiger partial charge in [0.05, 0.1) is 28.5 Å². The second kappa shape index (κ2) is 7.36. The van der Waals surface area contributed by atoms with Crippen LogP contribution in [0.5, 0.6) is 0 Å². The van der Waals surface area contributed by atoms with Gasteiger partial charge >= 0.3 is 0 Å². The van der Waals surface area contributed by atoms with Crippen LogP contribution in [0.4, 0.5) is 15.8 Å². The number of nitro groups is 1. The number of nitrogens with zero attached hydrogens (tertiary/aromatic N) is 3. The largest absolute Gasteiger partial charge is 0.319 e. The van der Waals surface area contributed by atoms with E-state index in [1.54, 1.807) is 36.7 Å². The molecular weight excluding hydrogens is 351 g/mol. The van der Waals surface area contributed by atoms with Crippen molar-refractivity contribution in [3.63, 3.8) is 0 Å². The van der Waals surface area contributed by atoms with Crippen molar-refractivity contribution < 1.29 is 14.1 Å². The number of carbonyl (C=O) groups is 1. The Balaban J connectivity index is 1.87. The average Bonchev–Trinajstić information content (AvgIpc) is 2.89. The van der Waals surface area contributed by atoms with E-state index in [1.807, 2.05) is 0 Å². The molecule has 1 aromatic heterocycles. The Morgan fingerprint density at radius 2 is 1.96 bits per heavy atom. The Labute approximate surface area is 154 Å². The van der Waals surface area contributed by atoms with Crippen LogP contribution < -0.4 is 5.32 Å². The van der Waals surface area contributed by atoms with E-state index in [4.69, 9.17) is 0 Å². The number of para-hydroxylation sites is 1. The number of nitrogens with one attached hydrogen (secondary N) is 1. The predicted molar refractivity (Wildman–Crippen MR) is 98.3 cm³/mol. The normalized spacial score (nSPS) is 10.6. The van der Waals surface area contributed by atoms with Crippen LogP contribution in [0.15, 0.2) is 48.5 Å². The maximum Gasteiger partial charge on any atom is 0.282 e. The molecular formula is C19H17FN4O3. The number of amides is 1. The van der Waals surface area contributed by atoms with E-state index in [2.05, 4.69) is 10.4 Å². The first-order valence-electron chi connectivity index (χ1n) is 8.20. The molecule has 0 saturated carbocycles. The van der Waals surface area contributed by atoms with E-state index >= 15 is 0 Å². The van der Waals surface area contributed by atoms with Gasteiger partial charge in [-0.1, -0.05) is 24.3 Å². The van der Waals surface area contributed by atoms with Gasteiger partial charge in [0.2, 0.25) is 0 Å². The Morgan fingerprint density at radius 3 is 2.67 bits per heavy atom. The number of hydrogen-bond acceptors (Lipinski definition) is 4. The fourth-order valence-corrected chi connectivity index (χ4v) is 2.85. The lowest BCUT2D eigenvalue weighted by molar-refractivity contribution is -0.385. The molecule has 8 heteroatoms. The molecule has 0 fully saturated rings. The summed E-state index contributed by atoms with van der Waals surface area (Å²) >= 11 is 0. The lowest BCUT2D eigenvalue weighted by Crippen LogP contribution is -2.15. The molecule has 0 bridgehead atoms. The molecule has 0 unspecified atom stereocenters. The number of aromatic nitrogens is 2. The number of rotatable bonds is 5. The highest BCUT2D eigenvalue weighted by Gasteiger charge is 2.22. The molecule has 1 amide bonds. The summed E-state index contributed by atoms with van der Waals surface area (Å²) in [7, 11) is 0. The second-order valence-electron chi connectivity index (χ2n) is 6.06. The smallest absolute Gasteiger partial charge is 0.282 e. The molecule has 7 nitrogen and oxygen atoms in total. The van der Waals surface area contributed by atoms with Crippen molar-refractivity contribution in [3.8, 4) is 0 Å². The summed E-state index contributed by atoms with van der Waals surface area (Å²) < 4.78 is 15.0. The zero-order chi connectivity index (χ0) is 19.6. The number of aryl methyl sites for hydroxylation is 1. The minimum atomic E-state index is -0.595. The highest BCUT2D eigenvalue weighted by molar-refractivity contribution is 6.07. The summed E-state index contributed by atoms with van der Waals surface area (Å²) in [6.45, 7) is 3.84. The van der Waals surface area contributed by atoms with Crippen LogP contribution in [-0.4, -0.2) is 20.6 Å². The summed E-state index contributed by atoms with van der Waals surface area (Å²) in [5.41, 5.74) is 2.16. The second-order valence-corrected chi connectivity index (χ2v) is 6.06. The minimum absolute atomic E-state index is 0.0285. The van der Waals surface area contributed by atoms with Crippen LogP contribution in [-0.2, 0) is 6.54 Å². The molecule has 0 aliphatic heterocycles. The molecule has 2 aromatic carbocycles. The van der Waals surface area contributed by atoms with Crippen molar-refractivity contribution in [3.05, 3.63) is 87.0 Å². The number of nitro benzene ring substituents is 1. The highest BCUT2D eigenvalue weighted by atomic mass is 19.1. The lowest BCUT2D eigenvalue weighted by atomic mass is 10.1. The van der Waals surface area contributed by atoms with E-state index < -0.39 is 10.8 Å². The molecule has 1 N–H and O–H groups in total. The molecule has 0 aliphatic rings. The Bertz CT molecular complexity index is 1030. The van der Waals surface area contributed by atoms with Gasteiger partial charge in [0.1, 0.15) is 11.4 Å². The van der Waals surface area contributed by atoms with Crippen LogP contribution in [0.3, 0.4) is 0 Å². The van der Waals surface area contributed by atoms with Gasteiger partial charge < -0.3 is 5.32 Å². The van der Waals surface area contributed by atoms with E-state index in [1.165, 1.54) is 30.3 Å². The predicted octanol–water partition coefficient (Wildman–Crippen LogP) is 3.85. The summed E-state index contributed by atoms with van der Waals surface area (Å²) in [6.07, 6.45) is 0. The number of carbonyl (C=O) groups excluding carboxylic acids is 1. The van der Waals surface area contributed by atoms with Crippen LogP contribution in [0, 0.1) is 29.8 Å². The number of anilines is 1. The Kier molecular flexibility index (Phi) is 4.98. The van der Waals surface area contributed by atoms with Gasteiger partial charge in [0.25, 0.3) is 11.6 Å². The molecule has 138 valence electrons. The Morgan fingerprint density at radius 1 is 1.22 bits per heavy atom. The minimum Gasteiger partial charge on any atom is -0.319 e. The van der Waals surface area contributed by atoms with E-state index in [-0.39, 0.29) is 17.1 Å². The van der Waals surface area contributed by atoms with Crippen molar-refractivity contribution in [1.29, 1.82) is 0 Å². The first-order valence-corrected chi connectivity index (χ1v) is 8.20. The zero-order valence-corrected chi connectivity index (χ0v) is 14.8. The SMILES string of the molecule is Cc1nn(Cc2cccc(F)c2)c(C)c1NC(=O)c1ccccc1[N+](=O)[O-]. The summed E-state index contributed by atoms with van der Waals surface area (Å²) in [6, 6.07) is 11.9. The number of hydrogen-bond donors (Lipinski definition) is 1. The van der Waals surface area contributed by atoms with E-state index in [0.717, 1.165) is 5.56 Å². The van der Waals surface area contributed by atoms with Gasteiger partial charge in [0, 0.05) is 6.07 Å². The van der Waals surface area contributed by atoms with Gasteiger partial charge in [-0.15, -0.1) is 0 Å². The summed E-state index contributed by atoms with van der Waals surface area (Å²) in [5.74, 6) is -0.919. The molecule has 0 atom stereocenters. The molecule has 0 spiro atoms. The van der Waals surface area contributed by atoms with Crippen molar-refractivity contribution in [2.75, 3.05) is 5.32 Å². The monoisotopic (exact) mass is 368 g/mol. The van der Waals surface area contributed by atoms with Gasteiger partial charge in [-0.05, 0) is 37.6 Å². The van der Waals surface area contributed by atoms with Gasteiger partial charge in [0.15, 0.2) is 0 Å². The van der Waals surface area contributed by atoms with Crippen molar-refractivity contribution >= 4 is 17.3 Å². The van der Waals surface area contributed by atoms with Gasteiger partial charge in [-0.25, -0.2) is 4.39 Å². The van der Waals surface area contributed by atoms with Crippen LogP contribution in [0.2, 0.25) is 0 Å². The molecule has 0 aliphatic carbocycles. The van der Waals surface area contributed by atoms with Crippen molar-refractivity contribution in [1.82, 2.24) is 9.78 Å². The summed E-state index contributed by atoms with van der Waals surface area (Å²) in [4.78, 5) is 23.1. The van der Waals surface area contributed by atoms with Crippen molar-refractivity contribution in [2.45, 2.75) is 20.4 Å². The molecule has 0 radical (unpaired) electrons. The fourth-order valence-electron chi connectivity index (χ4n) is 2.85. The first kappa shape index (κ1) is 18.2. The third-order valence-corrected chi connectivity index (χ3v) is 4.19. The quantitative estimate of drug-likeness (QED) is 0.547. The molecule has 0 saturated heterocycles. The van der Waals surface area contributed by atoms with E-state index in [0.29, 0.717) is 23.6 Å². The highest BCUT2D eigenvalue weighted by Crippen LogP contribution is 2.24. The number of benzene rings is 2. The molecule has 3 rings (SSSR count). The van der Waals surface area contributed by atoms with Crippen LogP contribution in [0.25, 0.3) is 0 Å². The lowest BCUT2D eigenvalue weighted by Gasteiger charge is -2.08. The molecule has 3 aromatic rings. The van der Waals surface area contributed by atoms with Gasteiger partial charge in [-0.3, -0.25) is 19.6 Å². The third kappa shape index (κ3) is 3.84. The third-order valence-electron chi connectivity index (χ3n) is 4.19. The number of halogens is 1. The Hall–Kier alpha value is -3.55. The topological polar surface area (TPSA) is 90.1 Å². The molecule has 27 heavy (non-hydrogen) atoms. The maximum absolute atomic E-state index is 13.4. The average molecular weight is 368 g/mol. The van der Waals surface area contributed by atoms with Crippen LogP contribution >= 0.6 is 0 Å². The first-order chi connectivity index (χ1) is 12.9. The van der Waals surface area contributed by atoms with Crippen molar-refractivity contribution in [2.24, 2.45) is 0 Å². The van der Waals surface area contributed by atoms with Gasteiger partial charge in [-0.2, -0.15) is 5.10 Å². The summed E-state index contributed by atoms with van der Waals surface area (Å²) in [5, 5.41) is 18.2. The van der Waals surface area contributed by atoms with E-state index in [9.17, 15) is 19.3 Å². The maximum atomic E-state index is 13.4. The fraction of sp³-hybridized carbons (Fsp3) is 0.158. The standard InChI is InChI=1S/C19H17FN4O3/c1-12-18(21-19(25)16-8-3-4-9-17(16)24(26)27)13(2)23(22-12)11-14-6-5-7-15(20)10-14/h3-10H,11H2,1-2H3,(H,21,25). The van der Waals surface area contributed by atoms with Crippen LogP contribution in [0.1, 0.15) is 27.3 Å². The zero-order valence-electron chi connectivity index (χ0n) is 14.8.